The second-order valence-electron chi connectivity index (χ2n) is 13.2. The number of fused-ring (bicyclic) bond motifs is 9. The number of hydrogen-bond donors (Lipinski definition) is 0. The lowest BCUT2D eigenvalue weighted by atomic mass is 9.84. The van der Waals surface area contributed by atoms with Gasteiger partial charge in [-0.15, -0.1) is 0 Å². The third-order valence-electron chi connectivity index (χ3n) is 10.4. The number of aromatic nitrogens is 3. The van der Waals surface area contributed by atoms with Gasteiger partial charge in [-0.25, -0.2) is 4.98 Å². The van der Waals surface area contributed by atoms with Crippen molar-refractivity contribution in [1.29, 1.82) is 0 Å². The molecule has 0 aliphatic carbocycles. The van der Waals surface area contributed by atoms with E-state index in [-0.39, 0.29) is 0 Å². The largest absolute Gasteiger partial charge is 0.277 e. The third-order valence-corrected chi connectivity index (χ3v) is 10.4. The maximum atomic E-state index is 5.24. The molecule has 0 saturated heterocycles. The van der Waals surface area contributed by atoms with Crippen LogP contribution in [0.5, 0.6) is 0 Å². The Bertz CT molecular complexity index is 3000. The molecule has 11 rings (SSSR count). The van der Waals surface area contributed by atoms with Gasteiger partial charge in [-0.2, -0.15) is 0 Å². The van der Waals surface area contributed by atoms with Crippen molar-refractivity contribution < 1.29 is 0 Å². The zero-order chi connectivity index (χ0) is 32.8. The Morgan fingerprint density at radius 3 is 1.62 bits per heavy atom. The fourth-order valence-electron chi connectivity index (χ4n) is 8.17. The van der Waals surface area contributed by atoms with Gasteiger partial charge in [0, 0.05) is 10.8 Å². The highest BCUT2D eigenvalue weighted by Crippen LogP contribution is 2.47. The lowest BCUT2D eigenvalue weighted by molar-refractivity contribution is 1.22. The molecule has 3 heterocycles. The highest BCUT2D eigenvalue weighted by Gasteiger charge is 2.24. The van der Waals surface area contributed by atoms with Crippen LogP contribution in [0.1, 0.15) is 0 Å². The molecule has 3 aromatic heterocycles. The first kappa shape index (κ1) is 27.3. The van der Waals surface area contributed by atoms with E-state index in [0.717, 1.165) is 22.3 Å². The SMILES string of the molecule is c1ccc(-c2cc(-c3ccccc3)c(-c3cc4c5cc6ccccc6cc5n5c4c(c3)n3c4ccccc4nc35)c(-c3ccccc3)c2)cc1. The smallest absolute Gasteiger partial charge is 0.220 e. The van der Waals surface area contributed by atoms with Gasteiger partial charge in [0.1, 0.15) is 0 Å². The van der Waals surface area contributed by atoms with Crippen molar-refractivity contribution in [3.63, 3.8) is 0 Å². The maximum Gasteiger partial charge on any atom is 0.220 e. The first-order chi connectivity index (χ1) is 24.8. The highest BCUT2D eigenvalue weighted by molar-refractivity contribution is 6.20. The van der Waals surface area contributed by atoms with Crippen molar-refractivity contribution in [2.45, 2.75) is 0 Å². The van der Waals surface area contributed by atoms with Crippen molar-refractivity contribution in [1.82, 2.24) is 13.8 Å². The summed E-state index contributed by atoms with van der Waals surface area (Å²) in [4.78, 5) is 5.24. The Balaban J connectivity index is 1.34. The van der Waals surface area contributed by atoms with Crippen molar-refractivity contribution in [2.75, 3.05) is 0 Å². The molecule has 0 spiro atoms. The number of benzene rings is 8. The number of rotatable bonds is 4. The molecule has 0 N–H and O–H groups in total. The number of nitrogens with zero attached hydrogens (tertiary/aromatic N) is 3. The van der Waals surface area contributed by atoms with Gasteiger partial charge in [0.15, 0.2) is 0 Å². The summed E-state index contributed by atoms with van der Waals surface area (Å²) in [7, 11) is 0. The van der Waals surface area contributed by atoms with Crippen molar-refractivity contribution in [2.24, 2.45) is 0 Å². The van der Waals surface area contributed by atoms with Crippen LogP contribution in [0, 0.1) is 0 Å². The third kappa shape index (κ3) is 3.89. The van der Waals surface area contributed by atoms with Gasteiger partial charge in [0.2, 0.25) is 5.78 Å². The van der Waals surface area contributed by atoms with Gasteiger partial charge in [-0.1, -0.05) is 127 Å². The zero-order valence-electron chi connectivity index (χ0n) is 27.1. The normalized spacial score (nSPS) is 12.0. The molecule has 3 nitrogen and oxygen atoms in total. The summed E-state index contributed by atoms with van der Waals surface area (Å²) in [5, 5.41) is 4.94. The summed E-state index contributed by atoms with van der Waals surface area (Å²) in [5.74, 6) is 0.944. The molecule has 0 amide bonds. The summed E-state index contributed by atoms with van der Waals surface area (Å²) in [5.41, 5.74) is 15.3. The van der Waals surface area contributed by atoms with Crippen molar-refractivity contribution >= 4 is 54.9 Å². The molecule has 11 aromatic rings. The van der Waals surface area contributed by atoms with E-state index in [1.54, 1.807) is 0 Å². The van der Waals surface area contributed by atoms with E-state index < -0.39 is 0 Å². The first-order valence-electron chi connectivity index (χ1n) is 17.1. The average molecular weight is 636 g/mol. The molecule has 0 fully saturated rings. The second-order valence-corrected chi connectivity index (χ2v) is 13.2. The van der Waals surface area contributed by atoms with E-state index in [9.17, 15) is 0 Å². The minimum atomic E-state index is 0.944. The average Bonchev–Trinajstić information content (AvgIpc) is 3.83. The predicted molar refractivity (Wildman–Crippen MR) is 209 cm³/mol. The van der Waals surface area contributed by atoms with Crippen molar-refractivity contribution in [3.8, 4) is 44.5 Å². The minimum Gasteiger partial charge on any atom is -0.277 e. The molecule has 0 bridgehead atoms. The Morgan fingerprint density at radius 2 is 0.940 bits per heavy atom. The quantitative estimate of drug-likeness (QED) is 0.189. The maximum absolute atomic E-state index is 5.24. The number of imidazole rings is 2. The molecule has 0 radical (unpaired) electrons. The van der Waals surface area contributed by atoms with Gasteiger partial charge < -0.3 is 0 Å². The molecule has 0 aliphatic rings. The zero-order valence-corrected chi connectivity index (χ0v) is 27.1. The van der Waals surface area contributed by atoms with E-state index >= 15 is 0 Å². The summed E-state index contributed by atoms with van der Waals surface area (Å²) in [6, 6.07) is 63.9. The standard InChI is InChI=1S/C47H29N3/c1-4-14-30(15-5-1)35-25-37(31-16-6-2-7-17-31)45(38(26-35)32-18-8-3-9-19-32)36-27-40-39-24-33-20-10-11-21-34(33)28-43(39)50-46(40)44(29-36)49-42-23-13-12-22-41(42)48-47(49)50/h1-29H. The minimum absolute atomic E-state index is 0.944. The van der Waals surface area contributed by atoms with Gasteiger partial charge in [-0.05, 0) is 104 Å². The number of hydrogen-bond acceptors (Lipinski definition) is 1. The van der Waals surface area contributed by atoms with Crippen LogP contribution < -0.4 is 0 Å². The summed E-state index contributed by atoms with van der Waals surface area (Å²) in [6.07, 6.45) is 0. The lowest BCUT2D eigenvalue weighted by Gasteiger charge is -2.19. The molecule has 0 unspecified atom stereocenters. The van der Waals surface area contributed by atoms with Crippen LogP contribution in [0.15, 0.2) is 176 Å². The fraction of sp³-hybridized carbons (Fsp3) is 0. The molecule has 3 heteroatoms. The Morgan fingerprint density at radius 1 is 0.360 bits per heavy atom. The Kier molecular flexibility index (Phi) is 5.67. The van der Waals surface area contributed by atoms with Gasteiger partial charge in [0.05, 0.1) is 27.6 Å². The summed E-state index contributed by atoms with van der Waals surface area (Å²) < 4.78 is 4.74. The predicted octanol–water partition coefficient (Wildman–Crippen LogP) is 12.3. The highest BCUT2D eigenvalue weighted by atomic mass is 15.2. The van der Waals surface area contributed by atoms with Crippen molar-refractivity contribution in [3.05, 3.63) is 176 Å². The van der Waals surface area contributed by atoms with Gasteiger partial charge in [-0.3, -0.25) is 8.80 Å². The van der Waals surface area contributed by atoms with E-state index in [2.05, 4.69) is 185 Å². The molecular weight excluding hydrogens is 607 g/mol. The summed E-state index contributed by atoms with van der Waals surface area (Å²) >= 11 is 0. The molecule has 0 atom stereocenters. The van der Waals surface area contributed by atoms with E-state index in [4.69, 9.17) is 4.98 Å². The molecule has 0 saturated carbocycles. The first-order valence-corrected chi connectivity index (χ1v) is 17.1. The van der Waals surface area contributed by atoms with Crippen LogP contribution >= 0.6 is 0 Å². The number of para-hydroxylation sites is 2. The van der Waals surface area contributed by atoms with E-state index in [0.29, 0.717) is 0 Å². The van der Waals surface area contributed by atoms with Gasteiger partial charge >= 0.3 is 0 Å². The van der Waals surface area contributed by atoms with Crippen LogP contribution in [0.4, 0.5) is 0 Å². The Labute approximate surface area is 288 Å². The second kappa shape index (κ2) is 10.4. The van der Waals surface area contributed by atoms with E-state index in [1.165, 1.54) is 77.1 Å². The van der Waals surface area contributed by atoms with E-state index in [1.807, 2.05) is 0 Å². The Hall–Kier alpha value is -6.71. The van der Waals surface area contributed by atoms with Crippen LogP contribution in [0.25, 0.3) is 99.4 Å². The topological polar surface area (TPSA) is 21.7 Å². The van der Waals surface area contributed by atoms with Gasteiger partial charge in [0.25, 0.3) is 0 Å². The molecule has 50 heavy (non-hydrogen) atoms. The molecule has 0 aliphatic heterocycles. The lowest BCUT2D eigenvalue weighted by Crippen LogP contribution is -1.94. The molecule has 8 aromatic carbocycles. The van der Waals surface area contributed by atoms with Crippen LogP contribution in [-0.4, -0.2) is 13.8 Å². The van der Waals surface area contributed by atoms with Crippen LogP contribution in [-0.2, 0) is 0 Å². The molecular formula is C47H29N3. The molecule has 232 valence electrons. The fourth-order valence-corrected chi connectivity index (χ4v) is 8.17. The summed E-state index contributed by atoms with van der Waals surface area (Å²) in [6.45, 7) is 0. The monoisotopic (exact) mass is 635 g/mol. The van der Waals surface area contributed by atoms with Crippen LogP contribution in [0.3, 0.4) is 0 Å². The van der Waals surface area contributed by atoms with Crippen LogP contribution in [0.2, 0.25) is 0 Å².